The lowest BCUT2D eigenvalue weighted by Gasteiger charge is -2.34. The Kier molecular flexibility index (Phi) is 6.43. The molecule has 1 heterocycles. The molecule has 1 atom stereocenters. The lowest BCUT2D eigenvalue weighted by atomic mass is 9.82. The standard InChI is InChI=1S/C19H27N3O4/c1-13(17(23)21-19(12-20)8-6-5-7-9-19)22(3)11-15-10-16(14(2)26-15)18(24)25-4/h10,13H,5-9,11H2,1-4H3,(H,21,23). The summed E-state index contributed by atoms with van der Waals surface area (Å²) in [4.78, 5) is 26.1. The van der Waals surface area contributed by atoms with Gasteiger partial charge in [-0.15, -0.1) is 0 Å². The number of rotatable bonds is 6. The van der Waals surface area contributed by atoms with Crippen molar-refractivity contribution in [2.45, 2.75) is 64.1 Å². The maximum absolute atomic E-state index is 12.6. The van der Waals surface area contributed by atoms with Gasteiger partial charge in [0.25, 0.3) is 0 Å². The highest BCUT2D eigenvalue weighted by atomic mass is 16.5. The number of ether oxygens (including phenoxy) is 1. The van der Waals surface area contributed by atoms with Crippen molar-refractivity contribution in [2.24, 2.45) is 0 Å². The summed E-state index contributed by atoms with van der Waals surface area (Å²) in [7, 11) is 3.13. The quantitative estimate of drug-likeness (QED) is 0.782. The minimum atomic E-state index is -0.746. The Bertz CT molecular complexity index is 698. The number of amides is 1. The van der Waals surface area contributed by atoms with Crippen LogP contribution >= 0.6 is 0 Å². The number of hydrogen-bond donors (Lipinski definition) is 1. The third-order valence-corrected chi connectivity index (χ3v) is 5.10. The molecular formula is C19H27N3O4. The molecule has 7 heteroatoms. The second-order valence-electron chi connectivity index (χ2n) is 7.01. The zero-order valence-electron chi connectivity index (χ0n) is 15.9. The summed E-state index contributed by atoms with van der Waals surface area (Å²) in [6, 6.07) is 3.50. The molecule has 1 aliphatic rings. The van der Waals surface area contributed by atoms with Crippen LogP contribution in [0.3, 0.4) is 0 Å². The van der Waals surface area contributed by atoms with Crippen LogP contribution in [0.4, 0.5) is 0 Å². The SMILES string of the molecule is COC(=O)c1cc(CN(C)C(C)C(=O)NC2(C#N)CCCCC2)oc1C. The minimum Gasteiger partial charge on any atom is -0.465 e. The average molecular weight is 361 g/mol. The molecule has 26 heavy (non-hydrogen) atoms. The number of furan rings is 1. The Morgan fingerprint density at radius 3 is 2.65 bits per heavy atom. The molecule has 142 valence electrons. The molecule has 1 N–H and O–H groups in total. The second-order valence-corrected chi connectivity index (χ2v) is 7.01. The highest BCUT2D eigenvalue weighted by molar-refractivity contribution is 5.90. The van der Waals surface area contributed by atoms with Crippen LogP contribution in [-0.4, -0.2) is 42.5 Å². The summed E-state index contributed by atoms with van der Waals surface area (Å²) < 4.78 is 10.3. The molecule has 1 unspecified atom stereocenters. The summed E-state index contributed by atoms with van der Waals surface area (Å²) in [6.45, 7) is 3.86. The first-order valence-corrected chi connectivity index (χ1v) is 8.93. The van der Waals surface area contributed by atoms with E-state index in [4.69, 9.17) is 9.15 Å². The highest BCUT2D eigenvalue weighted by Gasteiger charge is 2.35. The number of aryl methyl sites for hydroxylation is 1. The number of carbonyl (C=O) groups excluding carboxylic acids is 2. The molecule has 0 radical (unpaired) electrons. The number of nitrogens with one attached hydrogen (secondary N) is 1. The van der Waals surface area contributed by atoms with Gasteiger partial charge in [-0.05, 0) is 39.8 Å². The van der Waals surface area contributed by atoms with Gasteiger partial charge in [0, 0.05) is 0 Å². The van der Waals surface area contributed by atoms with Gasteiger partial charge in [0.2, 0.25) is 5.91 Å². The van der Waals surface area contributed by atoms with Gasteiger partial charge in [-0.1, -0.05) is 19.3 Å². The van der Waals surface area contributed by atoms with Crippen molar-refractivity contribution in [3.05, 3.63) is 23.2 Å². The van der Waals surface area contributed by atoms with Crippen molar-refractivity contribution < 1.29 is 18.7 Å². The molecule has 0 saturated heterocycles. The summed E-state index contributed by atoms with van der Waals surface area (Å²) >= 11 is 0. The lowest BCUT2D eigenvalue weighted by molar-refractivity contribution is -0.127. The topological polar surface area (TPSA) is 95.6 Å². The van der Waals surface area contributed by atoms with Gasteiger partial charge >= 0.3 is 5.97 Å². The Labute approximate surface area is 154 Å². The third-order valence-electron chi connectivity index (χ3n) is 5.10. The van der Waals surface area contributed by atoms with E-state index >= 15 is 0 Å². The largest absolute Gasteiger partial charge is 0.465 e. The minimum absolute atomic E-state index is 0.174. The molecular weight excluding hydrogens is 334 g/mol. The molecule has 1 amide bonds. The zero-order valence-corrected chi connectivity index (χ0v) is 15.9. The molecule has 0 aliphatic heterocycles. The van der Waals surface area contributed by atoms with Crippen molar-refractivity contribution in [3.8, 4) is 6.07 Å². The van der Waals surface area contributed by atoms with Crippen LogP contribution in [0.2, 0.25) is 0 Å². The monoisotopic (exact) mass is 361 g/mol. The first-order valence-electron chi connectivity index (χ1n) is 8.93. The van der Waals surface area contributed by atoms with E-state index in [1.54, 1.807) is 27.0 Å². The zero-order chi connectivity index (χ0) is 19.3. The average Bonchev–Trinajstić information content (AvgIpc) is 3.01. The van der Waals surface area contributed by atoms with Crippen molar-refractivity contribution >= 4 is 11.9 Å². The van der Waals surface area contributed by atoms with Gasteiger partial charge in [-0.3, -0.25) is 9.69 Å². The van der Waals surface area contributed by atoms with E-state index in [0.29, 0.717) is 36.5 Å². The summed E-state index contributed by atoms with van der Waals surface area (Å²) in [6.07, 6.45) is 4.42. The third kappa shape index (κ3) is 4.44. The van der Waals surface area contributed by atoms with Crippen LogP contribution in [-0.2, 0) is 16.1 Å². The van der Waals surface area contributed by atoms with Crippen LogP contribution in [0.5, 0.6) is 0 Å². The Morgan fingerprint density at radius 1 is 1.42 bits per heavy atom. The smallest absolute Gasteiger partial charge is 0.341 e. The van der Waals surface area contributed by atoms with E-state index in [2.05, 4.69) is 11.4 Å². The van der Waals surface area contributed by atoms with Gasteiger partial charge in [0.15, 0.2) is 0 Å². The van der Waals surface area contributed by atoms with E-state index in [-0.39, 0.29) is 5.91 Å². The molecule has 1 aromatic rings. The fourth-order valence-corrected chi connectivity index (χ4v) is 3.28. The molecule has 7 nitrogen and oxygen atoms in total. The normalized spacial score (nSPS) is 17.4. The van der Waals surface area contributed by atoms with Gasteiger partial charge < -0.3 is 14.5 Å². The highest BCUT2D eigenvalue weighted by Crippen LogP contribution is 2.28. The Balaban J connectivity index is 2.00. The number of esters is 1. The van der Waals surface area contributed by atoms with Crippen molar-refractivity contribution in [3.63, 3.8) is 0 Å². The van der Waals surface area contributed by atoms with Crippen molar-refractivity contribution in [2.75, 3.05) is 14.2 Å². The van der Waals surface area contributed by atoms with Crippen LogP contribution < -0.4 is 5.32 Å². The summed E-state index contributed by atoms with van der Waals surface area (Å²) in [5, 5.41) is 12.5. The first kappa shape index (κ1) is 20.0. The predicted molar refractivity (Wildman–Crippen MR) is 95.3 cm³/mol. The Morgan fingerprint density at radius 2 is 2.08 bits per heavy atom. The lowest BCUT2D eigenvalue weighted by Crippen LogP contribution is -2.54. The van der Waals surface area contributed by atoms with E-state index in [0.717, 1.165) is 19.3 Å². The predicted octanol–water partition coefficient (Wildman–Crippen LogP) is 2.54. The van der Waals surface area contributed by atoms with Gasteiger partial charge in [0.05, 0.1) is 25.8 Å². The molecule has 1 aromatic heterocycles. The molecule has 2 rings (SSSR count). The molecule has 0 bridgehead atoms. The van der Waals surface area contributed by atoms with Gasteiger partial charge in [0.1, 0.15) is 22.6 Å². The van der Waals surface area contributed by atoms with Crippen molar-refractivity contribution in [1.82, 2.24) is 10.2 Å². The maximum atomic E-state index is 12.6. The number of nitriles is 1. The molecule has 1 saturated carbocycles. The second kappa shape index (κ2) is 8.37. The van der Waals surface area contributed by atoms with Crippen LogP contribution in [0.1, 0.15) is 60.9 Å². The molecule has 1 aliphatic carbocycles. The number of methoxy groups -OCH3 is 1. The summed E-state index contributed by atoms with van der Waals surface area (Å²) in [5.41, 5.74) is -0.359. The molecule has 1 fully saturated rings. The Hall–Kier alpha value is -2.33. The first-order chi connectivity index (χ1) is 12.3. The van der Waals surface area contributed by atoms with E-state index in [1.165, 1.54) is 7.11 Å². The van der Waals surface area contributed by atoms with Crippen molar-refractivity contribution in [1.29, 1.82) is 5.26 Å². The fraction of sp³-hybridized carbons (Fsp3) is 0.632. The van der Waals surface area contributed by atoms with E-state index < -0.39 is 17.6 Å². The fourth-order valence-electron chi connectivity index (χ4n) is 3.28. The van der Waals surface area contributed by atoms with Gasteiger partial charge in [-0.25, -0.2) is 4.79 Å². The maximum Gasteiger partial charge on any atom is 0.341 e. The number of nitrogens with zero attached hydrogens (tertiary/aromatic N) is 2. The number of hydrogen-bond acceptors (Lipinski definition) is 6. The number of carbonyl (C=O) groups is 2. The molecule has 0 spiro atoms. The summed E-state index contributed by atoms with van der Waals surface area (Å²) in [5.74, 6) is 0.451. The van der Waals surface area contributed by atoms with Crippen LogP contribution in [0.15, 0.2) is 10.5 Å². The van der Waals surface area contributed by atoms with E-state index in [9.17, 15) is 14.9 Å². The van der Waals surface area contributed by atoms with E-state index in [1.807, 2.05) is 4.90 Å². The van der Waals surface area contributed by atoms with Crippen LogP contribution in [0, 0.1) is 18.3 Å². The van der Waals surface area contributed by atoms with Gasteiger partial charge in [-0.2, -0.15) is 5.26 Å². The van der Waals surface area contributed by atoms with Crippen LogP contribution in [0.25, 0.3) is 0 Å². The molecule has 0 aromatic carbocycles. The number of likely N-dealkylation sites (N-methyl/N-ethyl adjacent to an activating group) is 1.